The van der Waals surface area contributed by atoms with Crippen molar-refractivity contribution in [3.8, 4) is 0 Å². The number of fused-ring (bicyclic) bond motifs is 1. The van der Waals surface area contributed by atoms with Crippen LogP contribution >= 0.6 is 0 Å². The summed E-state index contributed by atoms with van der Waals surface area (Å²) in [5.74, 6) is 0.628. The van der Waals surface area contributed by atoms with Gasteiger partial charge in [-0.1, -0.05) is 18.2 Å². The average Bonchev–Trinajstić information content (AvgIpc) is 3.00. The van der Waals surface area contributed by atoms with Crippen LogP contribution in [0.4, 0.5) is 5.95 Å². The third-order valence-corrected chi connectivity index (χ3v) is 3.62. The molecule has 0 spiro atoms. The van der Waals surface area contributed by atoms with Gasteiger partial charge in [0.05, 0.1) is 5.52 Å². The van der Waals surface area contributed by atoms with Crippen LogP contribution in [0.15, 0.2) is 30.5 Å². The normalized spacial score (nSPS) is 16.4. The van der Waals surface area contributed by atoms with Crippen molar-refractivity contribution in [3.63, 3.8) is 0 Å². The molecule has 1 unspecified atom stereocenters. The number of hydrogen-bond donors (Lipinski definition) is 1. The molecule has 1 saturated heterocycles. The monoisotopic (exact) mass is 270 g/mol. The van der Waals surface area contributed by atoms with Crippen molar-refractivity contribution >= 4 is 22.8 Å². The van der Waals surface area contributed by atoms with Gasteiger partial charge >= 0.3 is 0 Å². The summed E-state index contributed by atoms with van der Waals surface area (Å²) < 4.78 is 0. The summed E-state index contributed by atoms with van der Waals surface area (Å²) in [5.41, 5.74) is 0.880. The first kappa shape index (κ1) is 12.8. The zero-order chi connectivity index (χ0) is 13.9. The van der Waals surface area contributed by atoms with Crippen LogP contribution in [-0.4, -0.2) is 39.9 Å². The van der Waals surface area contributed by atoms with Crippen LogP contribution in [0.1, 0.15) is 19.8 Å². The number of carbonyl (C=O) groups is 1. The highest BCUT2D eigenvalue weighted by Crippen LogP contribution is 2.14. The summed E-state index contributed by atoms with van der Waals surface area (Å²) in [4.78, 5) is 22.8. The van der Waals surface area contributed by atoms with Gasteiger partial charge in [-0.25, -0.2) is 9.97 Å². The molecular weight excluding hydrogens is 252 g/mol. The van der Waals surface area contributed by atoms with E-state index in [9.17, 15) is 4.79 Å². The summed E-state index contributed by atoms with van der Waals surface area (Å²) in [6.45, 7) is 3.59. The van der Waals surface area contributed by atoms with Gasteiger partial charge in [0.25, 0.3) is 0 Å². The van der Waals surface area contributed by atoms with E-state index in [0.29, 0.717) is 5.95 Å². The molecule has 1 aromatic carbocycles. The molecule has 1 amide bonds. The fourth-order valence-electron chi connectivity index (χ4n) is 2.51. The van der Waals surface area contributed by atoms with Gasteiger partial charge < -0.3 is 10.2 Å². The fourth-order valence-corrected chi connectivity index (χ4v) is 2.51. The highest BCUT2D eigenvalue weighted by Gasteiger charge is 2.23. The molecule has 0 radical (unpaired) electrons. The Hall–Kier alpha value is -2.17. The Kier molecular flexibility index (Phi) is 3.50. The van der Waals surface area contributed by atoms with Crippen LogP contribution in [0, 0.1) is 0 Å². The molecule has 104 valence electrons. The number of carbonyl (C=O) groups excluding carboxylic acids is 1. The number of nitrogens with zero attached hydrogens (tertiary/aromatic N) is 3. The first-order valence-electron chi connectivity index (χ1n) is 7.01. The second kappa shape index (κ2) is 5.45. The minimum atomic E-state index is -0.297. The summed E-state index contributed by atoms with van der Waals surface area (Å²) in [5, 5.41) is 4.09. The Morgan fingerprint density at radius 2 is 2.05 bits per heavy atom. The number of para-hydroxylation sites is 1. The first-order chi connectivity index (χ1) is 9.74. The quantitative estimate of drug-likeness (QED) is 0.927. The Labute approximate surface area is 118 Å². The molecule has 1 fully saturated rings. The van der Waals surface area contributed by atoms with Gasteiger partial charge in [0.1, 0.15) is 6.04 Å². The van der Waals surface area contributed by atoms with Crippen LogP contribution in [0.5, 0.6) is 0 Å². The molecule has 1 aromatic heterocycles. The molecule has 2 aromatic rings. The maximum Gasteiger partial charge on any atom is 0.244 e. The minimum absolute atomic E-state index is 0.124. The zero-order valence-corrected chi connectivity index (χ0v) is 11.5. The fraction of sp³-hybridized carbons (Fsp3) is 0.400. The number of rotatable bonds is 3. The smallest absolute Gasteiger partial charge is 0.244 e. The van der Waals surface area contributed by atoms with E-state index in [2.05, 4.69) is 15.3 Å². The van der Waals surface area contributed by atoms with E-state index in [1.54, 1.807) is 6.20 Å². The Balaban J connectivity index is 1.73. The maximum atomic E-state index is 12.2. The van der Waals surface area contributed by atoms with Gasteiger partial charge in [0.15, 0.2) is 0 Å². The number of nitrogens with one attached hydrogen (secondary N) is 1. The second-order valence-electron chi connectivity index (χ2n) is 5.15. The van der Waals surface area contributed by atoms with Crippen molar-refractivity contribution in [3.05, 3.63) is 30.5 Å². The summed E-state index contributed by atoms with van der Waals surface area (Å²) in [6.07, 6.45) is 3.98. The van der Waals surface area contributed by atoms with E-state index >= 15 is 0 Å². The van der Waals surface area contributed by atoms with E-state index < -0.39 is 0 Å². The molecule has 0 saturated carbocycles. The van der Waals surface area contributed by atoms with E-state index in [1.807, 2.05) is 36.1 Å². The summed E-state index contributed by atoms with van der Waals surface area (Å²) >= 11 is 0. The van der Waals surface area contributed by atoms with Crippen molar-refractivity contribution in [2.75, 3.05) is 18.4 Å². The van der Waals surface area contributed by atoms with Crippen LogP contribution < -0.4 is 5.32 Å². The van der Waals surface area contributed by atoms with Crippen molar-refractivity contribution in [1.82, 2.24) is 14.9 Å². The van der Waals surface area contributed by atoms with Gasteiger partial charge in [0, 0.05) is 24.7 Å². The third kappa shape index (κ3) is 2.57. The Morgan fingerprint density at radius 3 is 2.85 bits per heavy atom. The molecule has 1 aliphatic heterocycles. The average molecular weight is 270 g/mol. The van der Waals surface area contributed by atoms with Crippen molar-refractivity contribution in [1.29, 1.82) is 0 Å². The molecule has 1 N–H and O–H groups in total. The molecular formula is C15H18N4O. The Bertz CT molecular complexity index is 622. The molecule has 5 nitrogen and oxygen atoms in total. The highest BCUT2D eigenvalue weighted by atomic mass is 16.2. The summed E-state index contributed by atoms with van der Waals surface area (Å²) in [6, 6.07) is 7.51. The predicted octanol–water partition coefficient (Wildman–Crippen LogP) is 2.05. The number of likely N-dealkylation sites (tertiary alicyclic amines) is 1. The maximum absolute atomic E-state index is 12.2. The van der Waals surface area contributed by atoms with Crippen LogP contribution in [0.2, 0.25) is 0 Å². The molecule has 5 heteroatoms. The van der Waals surface area contributed by atoms with Gasteiger partial charge in [-0.3, -0.25) is 4.79 Å². The highest BCUT2D eigenvalue weighted by molar-refractivity contribution is 5.84. The number of hydrogen-bond acceptors (Lipinski definition) is 4. The first-order valence-corrected chi connectivity index (χ1v) is 7.01. The lowest BCUT2D eigenvalue weighted by atomic mass is 10.2. The molecule has 1 aliphatic rings. The molecule has 1 atom stereocenters. The van der Waals surface area contributed by atoms with Crippen LogP contribution in [-0.2, 0) is 4.79 Å². The van der Waals surface area contributed by atoms with Gasteiger partial charge in [-0.15, -0.1) is 0 Å². The van der Waals surface area contributed by atoms with Gasteiger partial charge in [0.2, 0.25) is 11.9 Å². The SMILES string of the molecule is CC(Nc1ncc2ccccc2n1)C(=O)N1CCCC1. The topological polar surface area (TPSA) is 58.1 Å². The van der Waals surface area contributed by atoms with Crippen molar-refractivity contribution < 1.29 is 4.79 Å². The van der Waals surface area contributed by atoms with E-state index in [1.165, 1.54) is 0 Å². The standard InChI is InChI=1S/C15H18N4O/c1-11(14(20)19-8-4-5-9-19)17-15-16-10-12-6-2-3-7-13(12)18-15/h2-3,6-7,10-11H,4-5,8-9H2,1H3,(H,16,17,18). The number of amides is 1. The largest absolute Gasteiger partial charge is 0.343 e. The zero-order valence-electron chi connectivity index (χ0n) is 11.5. The second-order valence-corrected chi connectivity index (χ2v) is 5.15. The lowest BCUT2D eigenvalue weighted by Gasteiger charge is -2.21. The summed E-state index contributed by atoms with van der Waals surface area (Å²) in [7, 11) is 0. The van der Waals surface area contributed by atoms with Crippen molar-refractivity contribution in [2.24, 2.45) is 0 Å². The van der Waals surface area contributed by atoms with E-state index in [-0.39, 0.29) is 11.9 Å². The molecule has 0 aliphatic carbocycles. The lowest BCUT2D eigenvalue weighted by molar-refractivity contribution is -0.130. The molecule has 20 heavy (non-hydrogen) atoms. The van der Waals surface area contributed by atoms with E-state index in [4.69, 9.17) is 0 Å². The molecule has 0 bridgehead atoms. The third-order valence-electron chi connectivity index (χ3n) is 3.62. The van der Waals surface area contributed by atoms with Crippen LogP contribution in [0.3, 0.4) is 0 Å². The van der Waals surface area contributed by atoms with E-state index in [0.717, 1.165) is 36.8 Å². The molecule has 3 rings (SSSR count). The number of aromatic nitrogens is 2. The minimum Gasteiger partial charge on any atom is -0.343 e. The predicted molar refractivity (Wildman–Crippen MR) is 78.4 cm³/mol. The van der Waals surface area contributed by atoms with Gasteiger partial charge in [-0.2, -0.15) is 0 Å². The Morgan fingerprint density at radius 1 is 1.30 bits per heavy atom. The van der Waals surface area contributed by atoms with Crippen LogP contribution in [0.25, 0.3) is 10.9 Å². The lowest BCUT2D eigenvalue weighted by Crippen LogP contribution is -2.39. The van der Waals surface area contributed by atoms with Gasteiger partial charge in [-0.05, 0) is 25.8 Å². The van der Waals surface area contributed by atoms with Crippen molar-refractivity contribution in [2.45, 2.75) is 25.8 Å². The molecule has 2 heterocycles. The number of benzene rings is 1. The number of anilines is 1.